The van der Waals surface area contributed by atoms with E-state index in [4.69, 9.17) is 0 Å². The Kier molecular flexibility index (Phi) is 3.50. The van der Waals surface area contributed by atoms with Crippen molar-refractivity contribution in [2.75, 3.05) is 11.9 Å². The van der Waals surface area contributed by atoms with E-state index in [-0.39, 0.29) is 6.54 Å². The van der Waals surface area contributed by atoms with E-state index >= 15 is 0 Å². The number of alkyl halides is 2. The van der Waals surface area contributed by atoms with E-state index in [0.29, 0.717) is 0 Å². The van der Waals surface area contributed by atoms with Crippen molar-refractivity contribution in [3.63, 3.8) is 0 Å². The molecule has 0 spiro atoms. The second kappa shape index (κ2) is 4.75. The summed E-state index contributed by atoms with van der Waals surface area (Å²) in [6.07, 6.45) is -1.32. The smallest absolute Gasteiger partial charge is 0.377 e. The summed E-state index contributed by atoms with van der Waals surface area (Å²) in [5, 5.41) is 3.00. The number of carbonyl (C=O) groups excluding carboxylic acids is 1. The van der Waals surface area contributed by atoms with E-state index in [1.807, 2.05) is 24.3 Å². The summed E-state index contributed by atoms with van der Waals surface area (Å²) in [4.78, 5) is 10.8. The maximum Gasteiger partial charge on any atom is 0.377 e. The molecule has 1 fully saturated rings. The van der Waals surface area contributed by atoms with Crippen molar-refractivity contribution < 1.29 is 18.3 Å². The van der Waals surface area contributed by atoms with Gasteiger partial charge in [0, 0.05) is 9.26 Å². The van der Waals surface area contributed by atoms with Crippen LogP contribution in [0.2, 0.25) is 0 Å². The summed E-state index contributed by atoms with van der Waals surface area (Å²) in [5.74, 6) is -4.76. The van der Waals surface area contributed by atoms with Crippen LogP contribution < -0.4 is 5.32 Å². The summed E-state index contributed by atoms with van der Waals surface area (Å²) < 4.78 is 31.4. The number of carbonyl (C=O) groups is 1. The zero-order chi connectivity index (χ0) is 12.5. The highest BCUT2D eigenvalue weighted by molar-refractivity contribution is 14.1. The number of hydrogen-bond donors (Lipinski definition) is 1. The Hall–Kier alpha value is -0.920. The SMILES string of the molecule is O=C1OC(CNc2ccccc2I)CC1(F)F. The molecular weight excluding hydrogens is 343 g/mol. The van der Waals surface area contributed by atoms with Crippen molar-refractivity contribution in [2.24, 2.45) is 0 Å². The number of nitrogens with one attached hydrogen (secondary N) is 1. The molecule has 0 aromatic heterocycles. The second-order valence-electron chi connectivity index (χ2n) is 3.80. The first-order valence-electron chi connectivity index (χ1n) is 5.06. The van der Waals surface area contributed by atoms with E-state index in [1.165, 1.54) is 0 Å². The molecule has 1 aromatic carbocycles. The van der Waals surface area contributed by atoms with Gasteiger partial charge in [-0.15, -0.1) is 0 Å². The van der Waals surface area contributed by atoms with Crippen molar-refractivity contribution >= 4 is 34.2 Å². The number of cyclic esters (lactones) is 1. The molecule has 17 heavy (non-hydrogen) atoms. The summed E-state index contributed by atoms with van der Waals surface area (Å²) in [5.41, 5.74) is 0.847. The minimum atomic E-state index is -3.34. The highest BCUT2D eigenvalue weighted by Gasteiger charge is 2.50. The van der Waals surface area contributed by atoms with Crippen LogP contribution in [-0.2, 0) is 9.53 Å². The van der Waals surface area contributed by atoms with Crippen LogP contribution in [0.3, 0.4) is 0 Å². The minimum Gasteiger partial charge on any atom is -0.456 e. The van der Waals surface area contributed by atoms with Crippen LogP contribution in [0, 0.1) is 3.57 Å². The molecule has 0 bridgehead atoms. The molecule has 3 nitrogen and oxygen atoms in total. The number of hydrogen-bond acceptors (Lipinski definition) is 3. The van der Waals surface area contributed by atoms with Gasteiger partial charge in [-0.25, -0.2) is 4.79 Å². The van der Waals surface area contributed by atoms with E-state index in [2.05, 4.69) is 32.6 Å². The molecule has 1 heterocycles. The number of para-hydroxylation sites is 1. The largest absolute Gasteiger partial charge is 0.456 e. The molecule has 6 heteroatoms. The Morgan fingerprint density at radius 3 is 2.76 bits per heavy atom. The summed E-state index contributed by atoms with van der Waals surface area (Å²) in [6.45, 7) is 0.196. The second-order valence-corrected chi connectivity index (χ2v) is 4.96. The van der Waals surface area contributed by atoms with Crippen LogP contribution >= 0.6 is 22.6 Å². The summed E-state index contributed by atoms with van der Waals surface area (Å²) >= 11 is 2.14. The average Bonchev–Trinajstić information content (AvgIpc) is 2.52. The Bertz CT molecular complexity index is 439. The third-order valence-electron chi connectivity index (χ3n) is 2.45. The number of rotatable bonds is 3. The molecule has 1 atom stereocenters. The van der Waals surface area contributed by atoms with Gasteiger partial charge in [-0.3, -0.25) is 0 Å². The Morgan fingerprint density at radius 1 is 1.47 bits per heavy atom. The van der Waals surface area contributed by atoms with Gasteiger partial charge in [0.25, 0.3) is 0 Å². The number of benzene rings is 1. The van der Waals surface area contributed by atoms with E-state index in [0.717, 1.165) is 9.26 Å². The van der Waals surface area contributed by atoms with Crippen LogP contribution in [-0.4, -0.2) is 24.5 Å². The van der Waals surface area contributed by atoms with Gasteiger partial charge in [-0.2, -0.15) is 8.78 Å². The first-order valence-corrected chi connectivity index (χ1v) is 6.14. The summed E-state index contributed by atoms with van der Waals surface area (Å²) in [7, 11) is 0. The van der Waals surface area contributed by atoms with Crippen LogP contribution in [0.1, 0.15) is 6.42 Å². The highest BCUT2D eigenvalue weighted by atomic mass is 127. The molecule has 1 saturated heterocycles. The van der Waals surface area contributed by atoms with E-state index < -0.39 is 24.4 Å². The lowest BCUT2D eigenvalue weighted by Crippen LogP contribution is -2.22. The first-order chi connectivity index (χ1) is 7.99. The lowest BCUT2D eigenvalue weighted by Gasteiger charge is -2.12. The van der Waals surface area contributed by atoms with Crippen LogP contribution in [0.15, 0.2) is 24.3 Å². The zero-order valence-electron chi connectivity index (χ0n) is 8.75. The van der Waals surface area contributed by atoms with Gasteiger partial charge in [0.1, 0.15) is 6.10 Å². The molecule has 1 N–H and O–H groups in total. The third kappa shape index (κ3) is 2.85. The maximum absolute atomic E-state index is 12.9. The molecule has 1 unspecified atom stereocenters. The van der Waals surface area contributed by atoms with Crippen molar-refractivity contribution in [3.8, 4) is 0 Å². The van der Waals surface area contributed by atoms with Crippen LogP contribution in [0.4, 0.5) is 14.5 Å². The van der Waals surface area contributed by atoms with Gasteiger partial charge in [-0.1, -0.05) is 12.1 Å². The third-order valence-corrected chi connectivity index (χ3v) is 3.39. The highest BCUT2D eigenvalue weighted by Crippen LogP contribution is 2.31. The predicted molar refractivity (Wildman–Crippen MR) is 67.1 cm³/mol. The fourth-order valence-corrected chi connectivity index (χ4v) is 2.17. The lowest BCUT2D eigenvalue weighted by atomic mass is 10.2. The van der Waals surface area contributed by atoms with Crippen molar-refractivity contribution in [1.29, 1.82) is 0 Å². The average molecular weight is 353 g/mol. The minimum absolute atomic E-state index is 0.196. The summed E-state index contributed by atoms with van der Waals surface area (Å²) in [6, 6.07) is 7.48. The molecule has 0 amide bonds. The Morgan fingerprint density at radius 2 is 2.18 bits per heavy atom. The molecular formula is C11H10F2INO2. The molecule has 1 aliphatic heterocycles. The number of ether oxygens (including phenoxy) is 1. The topological polar surface area (TPSA) is 38.3 Å². The molecule has 0 aliphatic carbocycles. The monoisotopic (exact) mass is 353 g/mol. The van der Waals surface area contributed by atoms with Crippen molar-refractivity contribution in [3.05, 3.63) is 27.8 Å². The first kappa shape index (κ1) is 12.5. The van der Waals surface area contributed by atoms with E-state index in [1.54, 1.807) is 0 Å². The van der Waals surface area contributed by atoms with Crippen molar-refractivity contribution in [2.45, 2.75) is 18.4 Å². The quantitative estimate of drug-likeness (QED) is 0.671. The molecule has 2 rings (SSSR count). The molecule has 92 valence electrons. The van der Waals surface area contributed by atoms with Gasteiger partial charge < -0.3 is 10.1 Å². The van der Waals surface area contributed by atoms with Gasteiger partial charge in [-0.05, 0) is 34.7 Å². The van der Waals surface area contributed by atoms with Crippen LogP contribution in [0.5, 0.6) is 0 Å². The van der Waals surface area contributed by atoms with Crippen molar-refractivity contribution in [1.82, 2.24) is 0 Å². The zero-order valence-corrected chi connectivity index (χ0v) is 10.9. The molecule has 1 aliphatic rings. The normalized spacial score (nSPS) is 22.3. The predicted octanol–water partition coefficient (Wildman–Crippen LogP) is 2.65. The Balaban J connectivity index is 1.93. The van der Waals surface area contributed by atoms with Gasteiger partial charge in [0.05, 0.1) is 13.0 Å². The molecule has 0 radical (unpaired) electrons. The van der Waals surface area contributed by atoms with Gasteiger partial charge >= 0.3 is 11.9 Å². The van der Waals surface area contributed by atoms with Crippen LogP contribution in [0.25, 0.3) is 0 Å². The molecule has 1 aromatic rings. The van der Waals surface area contributed by atoms with E-state index in [9.17, 15) is 13.6 Å². The standard InChI is InChI=1S/C11H10F2INO2/c12-11(13)5-7(17-10(11)16)6-15-9-4-2-1-3-8(9)14/h1-4,7,15H,5-6H2. The van der Waals surface area contributed by atoms with Gasteiger partial charge in [0.2, 0.25) is 0 Å². The molecule has 0 saturated carbocycles. The Labute approximate surface area is 111 Å². The maximum atomic E-state index is 12.9. The lowest BCUT2D eigenvalue weighted by molar-refractivity contribution is -0.158. The number of anilines is 1. The fourth-order valence-electron chi connectivity index (χ4n) is 1.59. The van der Waals surface area contributed by atoms with Gasteiger partial charge in [0.15, 0.2) is 0 Å². The number of esters is 1. The fraction of sp³-hybridized carbons (Fsp3) is 0.364. The number of halogens is 3.